The molecule has 25 heteroatoms. The fourth-order valence-electron chi connectivity index (χ4n) is 4.75. The summed E-state index contributed by atoms with van der Waals surface area (Å²) in [5, 5.41) is 2.33. The van der Waals surface area contributed by atoms with Gasteiger partial charge in [-0.05, 0) is 0 Å². The summed E-state index contributed by atoms with van der Waals surface area (Å²) in [7, 11) is -10.4. The Labute approximate surface area is 278 Å². The van der Waals surface area contributed by atoms with E-state index >= 15 is 0 Å². The lowest BCUT2D eigenvalue weighted by atomic mass is 9.94. The van der Waals surface area contributed by atoms with Crippen LogP contribution in [0.1, 0.15) is 41.5 Å². The van der Waals surface area contributed by atoms with E-state index in [0.717, 1.165) is 41.5 Å². The van der Waals surface area contributed by atoms with Crippen molar-refractivity contribution in [1.82, 2.24) is 5.32 Å². The molecule has 280 valence electrons. The van der Waals surface area contributed by atoms with Gasteiger partial charge in [-0.15, -0.1) is 0 Å². The third-order valence-corrected chi connectivity index (χ3v) is 7.02. The third kappa shape index (κ3) is 13.7. The molecule has 0 aromatic carbocycles. The normalized spacial score (nSPS) is 30.3. The van der Waals surface area contributed by atoms with Crippen molar-refractivity contribution in [3.8, 4) is 0 Å². The Balaban J connectivity index is 2.79. The lowest BCUT2D eigenvalue weighted by molar-refractivity contribution is -0.346. The number of amides is 1. The zero-order valence-corrected chi connectivity index (χ0v) is 28.2. The van der Waals surface area contributed by atoms with Crippen LogP contribution in [0.3, 0.4) is 0 Å². The predicted molar refractivity (Wildman–Crippen MR) is 149 cm³/mol. The van der Waals surface area contributed by atoms with Crippen LogP contribution in [0.15, 0.2) is 0 Å². The highest BCUT2D eigenvalue weighted by Crippen LogP contribution is 2.35. The Kier molecular flexibility index (Phi) is 14.8. The Morgan fingerprint density at radius 2 is 0.939 bits per heavy atom. The maximum atomic E-state index is 12.3. The molecule has 49 heavy (non-hydrogen) atoms. The minimum Gasteiger partial charge on any atom is -0.457 e. The molecule has 10 atom stereocenters. The minimum absolute atomic E-state index is 0.803. The fraction of sp³-hybridized carbons (Fsp3) is 0.750. The number of hydrogen-bond acceptors (Lipinski definition) is 20. The van der Waals surface area contributed by atoms with Crippen LogP contribution in [-0.4, -0.2) is 136 Å². The van der Waals surface area contributed by atoms with E-state index in [-0.39, 0.29) is 0 Å². The lowest BCUT2D eigenvalue weighted by Crippen LogP contribution is -2.69. The molecule has 0 aromatic heterocycles. The summed E-state index contributed by atoms with van der Waals surface area (Å²) in [5.74, 6) is -6.05. The molecule has 2 aliphatic heterocycles. The van der Waals surface area contributed by atoms with E-state index in [1.807, 2.05) is 0 Å². The van der Waals surface area contributed by atoms with Crippen LogP contribution in [0.4, 0.5) is 0 Å². The summed E-state index contributed by atoms with van der Waals surface area (Å²) < 4.78 is 117. The molecule has 1 amide bonds. The molecule has 0 saturated carbocycles. The first kappa shape index (κ1) is 41.6. The van der Waals surface area contributed by atoms with Gasteiger partial charge in [-0.1, -0.05) is 0 Å². The van der Waals surface area contributed by atoms with Gasteiger partial charge in [0.15, 0.2) is 30.7 Å². The quantitative estimate of drug-likeness (QED) is 0.0920. The van der Waals surface area contributed by atoms with Gasteiger partial charge in [0, 0.05) is 41.5 Å². The van der Waals surface area contributed by atoms with E-state index in [2.05, 4.69) is 13.7 Å². The summed E-state index contributed by atoms with van der Waals surface area (Å²) in [5.41, 5.74) is 0. The van der Waals surface area contributed by atoms with Crippen LogP contribution in [0.2, 0.25) is 0 Å². The van der Waals surface area contributed by atoms with Gasteiger partial charge < -0.3 is 43.2 Å². The highest BCUT2D eigenvalue weighted by Gasteiger charge is 2.57. The second-order valence-electron chi connectivity index (χ2n) is 10.2. The molecule has 1 unspecified atom stereocenters. The Bertz CT molecular complexity index is 1460. The van der Waals surface area contributed by atoms with Crippen molar-refractivity contribution >= 4 is 56.6 Å². The van der Waals surface area contributed by atoms with Crippen molar-refractivity contribution in [2.45, 2.75) is 103 Å². The average molecular weight is 754 g/mol. The summed E-state index contributed by atoms with van der Waals surface area (Å²) in [6, 6.07) is -1.63. The van der Waals surface area contributed by atoms with Crippen LogP contribution >= 0.6 is 0 Å². The van der Waals surface area contributed by atoms with E-state index < -0.39 is 131 Å². The Morgan fingerprint density at radius 1 is 0.551 bits per heavy atom. The number of esters is 5. The zero-order chi connectivity index (χ0) is 37.4. The number of nitrogens with one attached hydrogen (secondary N) is 1. The molecular weight excluding hydrogens is 718 g/mol. The van der Waals surface area contributed by atoms with Gasteiger partial charge in [-0.2, -0.15) is 16.8 Å². The molecule has 3 N–H and O–H groups in total. The first-order valence-electron chi connectivity index (χ1n) is 13.8. The SMILES string of the molecule is CC(=O)N[C@H]1C(OC(C)=O)O[C@H](COS(=O)(=O)O)[C@@H](O[C@@H]2O[C@H](COS(=O)(=O)O)[C@H](OC(C)=O)[C@H](OC(C)=O)[C@H]2OC(C)=O)[C@@H]1OC(C)=O. The predicted octanol–water partition coefficient (Wildman–Crippen LogP) is -2.75. The van der Waals surface area contributed by atoms with Gasteiger partial charge in [0.25, 0.3) is 0 Å². The van der Waals surface area contributed by atoms with E-state index in [4.69, 9.17) is 37.9 Å². The number of ether oxygens (including phenoxy) is 8. The van der Waals surface area contributed by atoms with Crippen molar-refractivity contribution in [3.05, 3.63) is 0 Å². The summed E-state index contributed by atoms with van der Waals surface area (Å²) in [4.78, 5) is 72.8. The average Bonchev–Trinajstić information content (AvgIpc) is 2.90. The molecule has 0 bridgehead atoms. The van der Waals surface area contributed by atoms with Crippen LogP contribution in [0, 0.1) is 0 Å². The number of hydrogen-bond donors (Lipinski definition) is 3. The van der Waals surface area contributed by atoms with Crippen LogP contribution in [0.5, 0.6) is 0 Å². The smallest absolute Gasteiger partial charge is 0.397 e. The topological polar surface area (TPSA) is 315 Å². The summed E-state index contributed by atoms with van der Waals surface area (Å²) >= 11 is 0. The minimum atomic E-state index is -5.22. The molecule has 2 saturated heterocycles. The molecule has 0 spiro atoms. The fourth-order valence-corrected chi connectivity index (χ4v) is 5.36. The van der Waals surface area contributed by atoms with Gasteiger partial charge >= 0.3 is 50.6 Å². The molecule has 0 radical (unpaired) electrons. The molecule has 2 rings (SSSR count). The summed E-state index contributed by atoms with van der Waals surface area (Å²) in [6.45, 7) is 3.21. The van der Waals surface area contributed by atoms with E-state index in [9.17, 15) is 54.7 Å². The highest BCUT2D eigenvalue weighted by atomic mass is 32.3. The largest absolute Gasteiger partial charge is 0.457 e. The Morgan fingerprint density at radius 3 is 1.37 bits per heavy atom. The van der Waals surface area contributed by atoms with Gasteiger partial charge in [-0.25, -0.2) is 8.37 Å². The maximum absolute atomic E-state index is 12.3. The van der Waals surface area contributed by atoms with Crippen molar-refractivity contribution < 1.29 is 101 Å². The standard InChI is InChI=1S/C24H35NO22S2/c1-9(26)25-17-20(41-11(3)28)18(15(7-38-48(32,33)34)45-23(17)44-14(6)31)47-24-22(43-13(5)30)21(42-12(4)29)19(40-10(2)27)16(46-24)8-39-49(35,36)37/h15-24H,7-8H2,1-6H3,(H,25,26)(H,32,33,34)(H,35,36,37)/t15-,16-,17-,18-,19+,20-,21+,22-,23?,24+/m1/s1. The number of rotatable bonds is 14. The first-order chi connectivity index (χ1) is 22.5. The zero-order valence-electron chi connectivity index (χ0n) is 26.6. The lowest BCUT2D eigenvalue weighted by Gasteiger charge is -2.48. The third-order valence-electron chi connectivity index (χ3n) is 6.15. The van der Waals surface area contributed by atoms with Crippen molar-refractivity contribution in [3.63, 3.8) is 0 Å². The molecule has 0 aliphatic carbocycles. The monoisotopic (exact) mass is 753 g/mol. The van der Waals surface area contributed by atoms with Crippen LogP contribution < -0.4 is 5.32 Å². The van der Waals surface area contributed by atoms with Crippen molar-refractivity contribution in [2.75, 3.05) is 13.2 Å². The molecule has 2 aliphatic rings. The van der Waals surface area contributed by atoms with Gasteiger partial charge in [-0.3, -0.25) is 37.9 Å². The van der Waals surface area contributed by atoms with Gasteiger partial charge in [0.1, 0.15) is 24.4 Å². The van der Waals surface area contributed by atoms with E-state index in [1.165, 1.54) is 0 Å². The molecule has 2 heterocycles. The molecule has 2 fully saturated rings. The maximum Gasteiger partial charge on any atom is 0.397 e. The second kappa shape index (κ2) is 17.4. The molecule has 0 aromatic rings. The number of carbonyl (C=O) groups excluding carboxylic acids is 6. The second-order valence-corrected chi connectivity index (χ2v) is 12.4. The van der Waals surface area contributed by atoms with Gasteiger partial charge in [0.05, 0.1) is 13.2 Å². The van der Waals surface area contributed by atoms with Crippen LogP contribution in [-0.2, 0) is 95.8 Å². The first-order valence-corrected chi connectivity index (χ1v) is 16.5. The van der Waals surface area contributed by atoms with Gasteiger partial charge in [0.2, 0.25) is 12.2 Å². The Hall–Kier alpha value is -3.56. The summed E-state index contributed by atoms with van der Waals surface area (Å²) in [6.07, 6.45) is -17.1. The van der Waals surface area contributed by atoms with Crippen LogP contribution in [0.25, 0.3) is 0 Å². The van der Waals surface area contributed by atoms with Crippen molar-refractivity contribution in [1.29, 1.82) is 0 Å². The molecule has 23 nitrogen and oxygen atoms in total. The number of carbonyl (C=O) groups is 6. The van der Waals surface area contributed by atoms with E-state index in [1.54, 1.807) is 0 Å². The highest BCUT2D eigenvalue weighted by molar-refractivity contribution is 7.81. The molecular formula is C24H35NO22S2. The van der Waals surface area contributed by atoms with Crippen molar-refractivity contribution in [2.24, 2.45) is 0 Å². The van der Waals surface area contributed by atoms with E-state index in [0.29, 0.717) is 0 Å².